The predicted octanol–water partition coefficient (Wildman–Crippen LogP) is 15.5. The van der Waals surface area contributed by atoms with Crippen molar-refractivity contribution < 1.29 is 79.7 Å². The van der Waals surface area contributed by atoms with Gasteiger partial charge in [-0.2, -0.15) is 26.3 Å². The first kappa shape index (κ1) is 72.4. The van der Waals surface area contributed by atoms with Crippen LogP contribution in [0.3, 0.4) is 0 Å². The summed E-state index contributed by atoms with van der Waals surface area (Å²) < 4.78 is 189. The Morgan fingerprint density at radius 1 is 0.615 bits per heavy atom. The zero-order valence-corrected chi connectivity index (χ0v) is 59.6. The van der Waals surface area contributed by atoms with E-state index in [9.17, 15) is 61.5 Å². The first-order chi connectivity index (χ1) is 48.9. The van der Waals surface area contributed by atoms with Gasteiger partial charge in [0.2, 0.25) is 20.0 Å². The van der Waals surface area contributed by atoms with E-state index >= 15 is 0 Å². The highest BCUT2D eigenvalue weighted by molar-refractivity contribution is 7.92. The first-order valence-electron chi connectivity index (χ1n) is 32.4. The lowest BCUT2D eigenvalue weighted by molar-refractivity contribution is -0.141. The molecule has 0 atom stereocenters. The summed E-state index contributed by atoms with van der Waals surface area (Å²) in [5.74, 6) is -1.46. The average molecular weight is 1490 g/mol. The largest absolute Gasteiger partial charge is 0.497 e. The summed E-state index contributed by atoms with van der Waals surface area (Å²) in [5, 5.41) is 4.74. The lowest BCUT2D eigenvalue weighted by atomic mass is 9.76. The molecule has 19 nitrogen and oxygen atoms in total. The number of furan rings is 2. The van der Waals surface area contributed by atoms with Crippen molar-refractivity contribution in [2.45, 2.75) is 90.5 Å². The molecular weight excluding hydrogens is 1430 g/mol. The molecule has 1 saturated heterocycles. The molecule has 3 aliphatic heterocycles. The second kappa shape index (κ2) is 26.3. The molecule has 15 rings (SSSR count). The van der Waals surface area contributed by atoms with Gasteiger partial charge in [-0.25, -0.2) is 35.6 Å². The number of nitrogens with one attached hydrogen (secondary N) is 1. The van der Waals surface area contributed by atoms with Crippen LogP contribution in [0.25, 0.3) is 100 Å². The minimum Gasteiger partial charge on any atom is -0.455 e. The number of hydrogen-bond donors (Lipinski definition) is 1. The van der Waals surface area contributed by atoms with Crippen molar-refractivity contribution in [3.8, 4) is 56.7 Å². The van der Waals surface area contributed by atoms with Crippen LogP contribution in [0.1, 0.15) is 84.3 Å². The Morgan fingerprint density at radius 3 is 1.56 bits per heavy atom. The van der Waals surface area contributed by atoms with Crippen molar-refractivity contribution in [3.63, 3.8) is 0 Å². The monoisotopic (exact) mass is 1490 g/mol. The Hall–Kier alpha value is -10.0. The average Bonchev–Trinajstić information content (AvgIpc) is 1.56. The van der Waals surface area contributed by atoms with E-state index in [4.69, 9.17) is 34.7 Å². The topological polar surface area (TPSA) is 227 Å². The number of hydrogen-bond acceptors (Lipinski definition) is 14. The number of aryl methyl sites for hydroxylation is 4. The molecule has 0 bridgehead atoms. The SMILES string of the molecule is CCC(=O)c1c(-c2ccc(C(F)(F)F)nc2)oc2cc(N(C)S(C)(=O)=O)c(B3OC(C)(C)C(C)(C)O3)cc12.CNC(=O)c1c(-c2ccc(C(F)(F)F)nc2)oc2cc(N(C)S(C)(=O)=O)c(-c3ccc4c(n3)-c3cc5c(F)cccc5n3CC4)cc12.Fc1cccc2c1cc1n2CCc2ccc(Cl)nc2-1. The zero-order valence-electron chi connectivity index (χ0n) is 57.2. The smallest absolute Gasteiger partial charge is 0.455 e. The Morgan fingerprint density at radius 2 is 1.09 bits per heavy atom. The Balaban J connectivity index is 0.000000150. The molecule has 1 amide bonds. The van der Waals surface area contributed by atoms with Gasteiger partial charge in [0.05, 0.1) is 85.7 Å². The number of aromatic nitrogens is 6. The second-order valence-electron chi connectivity index (χ2n) is 26.2. The molecule has 4 aromatic carbocycles. The number of ketones is 1. The number of carbonyl (C=O) groups excluding carboxylic acids is 2. The number of nitrogens with zero attached hydrogens (tertiary/aromatic N) is 8. The molecule has 12 aromatic rings. The fourth-order valence-electron chi connectivity index (χ4n) is 12.9. The van der Waals surface area contributed by atoms with Crippen LogP contribution < -0.4 is 19.4 Å². The maximum atomic E-state index is 14.7. The zero-order chi connectivity index (χ0) is 74.8. The molecule has 0 unspecified atom stereocenters. The minimum atomic E-state index is -4.67. The van der Waals surface area contributed by atoms with Crippen molar-refractivity contribution in [3.05, 3.63) is 184 Å². The number of carbonyl (C=O) groups is 2. The van der Waals surface area contributed by atoms with Gasteiger partial charge in [-0.05, 0) is 137 Å². The van der Waals surface area contributed by atoms with Gasteiger partial charge < -0.3 is 32.6 Å². The Labute approximate surface area is 595 Å². The van der Waals surface area contributed by atoms with E-state index in [-0.39, 0.29) is 85.5 Å². The Bertz CT molecular complexity index is 5730. The van der Waals surface area contributed by atoms with Crippen LogP contribution >= 0.6 is 11.6 Å². The third-order valence-electron chi connectivity index (χ3n) is 19.2. The first-order valence-corrected chi connectivity index (χ1v) is 36.4. The molecule has 538 valence electrons. The molecule has 0 spiro atoms. The van der Waals surface area contributed by atoms with E-state index < -0.39 is 68.0 Å². The van der Waals surface area contributed by atoms with Crippen molar-refractivity contribution in [1.29, 1.82) is 0 Å². The molecular formula is C73H63BClF8N9O10S2. The van der Waals surface area contributed by atoms with Gasteiger partial charge in [-0.1, -0.05) is 42.8 Å². The lowest BCUT2D eigenvalue weighted by Crippen LogP contribution is -2.41. The van der Waals surface area contributed by atoms with Crippen LogP contribution in [0, 0.1) is 11.6 Å². The van der Waals surface area contributed by atoms with Gasteiger partial charge >= 0.3 is 19.5 Å². The molecule has 0 aliphatic carbocycles. The number of anilines is 2. The molecule has 1 fully saturated rings. The van der Waals surface area contributed by atoms with Crippen molar-refractivity contribution in [2.24, 2.45) is 0 Å². The van der Waals surface area contributed by atoms with Gasteiger partial charge in [-0.15, -0.1) is 0 Å². The van der Waals surface area contributed by atoms with E-state index in [0.29, 0.717) is 62.4 Å². The summed E-state index contributed by atoms with van der Waals surface area (Å²) in [6.45, 7) is 10.5. The van der Waals surface area contributed by atoms with Crippen LogP contribution in [0.5, 0.6) is 0 Å². The fourth-order valence-corrected chi connectivity index (χ4v) is 14.1. The van der Waals surface area contributed by atoms with Gasteiger partial charge in [0, 0.05) is 109 Å². The lowest BCUT2D eigenvalue weighted by Gasteiger charge is -2.32. The third-order valence-corrected chi connectivity index (χ3v) is 21.8. The molecule has 0 saturated carbocycles. The van der Waals surface area contributed by atoms with E-state index in [1.54, 1.807) is 49.4 Å². The van der Waals surface area contributed by atoms with Crippen LogP contribution in [0.4, 0.5) is 46.5 Å². The highest BCUT2D eigenvalue weighted by atomic mass is 35.5. The maximum Gasteiger partial charge on any atom is 0.497 e. The van der Waals surface area contributed by atoms with Crippen molar-refractivity contribution in [1.82, 2.24) is 34.4 Å². The maximum absolute atomic E-state index is 14.7. The number of sulfonamides is 2. The molecule has 104 heavy (non-hydrogen) atoms. The van der Waals surface area contributed by atoms with E-state index in [1.807, 2.05) is 62.6 Å². The number of halogens is 9. The molecule has 8 aromatic heterocycles. The Kier molecular flexibility index (Phi) is 18.3. The normalized spacial score (nSPS) is 14.7. The van der Waals surface area contributed by atoms with Gasteiger partial charge in [0.1, 0.15) is 50.9 Å². The summed E-state index contributed by atoms with van der Waals surface area (Å²) in [7, 11) is -4.39. The number of pyridine rings is 4. The molecule has 0 radical (unpaired) electrons. The van der Waals surface area contributed by atoms with E-state index in [2.05, 4.69) is 24.8 Å². The summed E-state index contributed by atoms with van der Waals surface area (Å²) in [4.78, 5) is 42.7. The summed E-state index contributed by atoms with van der Waals surface area (Å²) >= 11 is 5.98. The number of benzene rings is 4. The summed E-state index contributed by atoms with van der Waals surface area (Å²) in [5.41, 5.74) is 5.40. The summed E-state index contributed by atoms with van der Waals surface area (Å²) in [6, 6.07) is 31.1. The molecule has 31 heteroatoms. The fraction of sp³-hybridized carbons (Fsp3) is 0.260. The van der Waals surface area contributed by atoms with Gasteiger partial charge in [-0.3, -0.25) is 28.2 Å². The van der Waals surface area contributed by atoms with Crippen LogP contribution in [0.15, 0.2) is 143 Å². The van der Waals surface area contributed by atoms with Gasteiger partial charge in [0.15, 0.2) is 5.78 Å². The predicted molar refractivity (Wildman–Crippen MR) is 381 cm³/mol. The number of alkyl halides is 6. The quantitative estimate of drug-likeness (QED) is 0.0550. The second-order valence-corrected chi connectivity index (χ2v) is 30.6. The number of rotatable bonds is 11. The van der Waals surface area contributed by atoms with Crippen molar-refractivity contribution >= 4 is 111 Å². The number of amides is 1. The molecule has 3 aliphatic rings. The molecule has 11 heterocycles. The van der Waals surface area contributed by atoms with E-state index in [0.717, 1.165) is 92.7 Å². The molecule has 1 N–H and O–H groups in total. The number of fused-ring (bicyclic) bond motifs is 12. The highest BCUT2D eigenvalue weighted by Crippen LogP contribution is 2.46. The highest BCUT2D eigenvalue weighted by Gasteiger charge is 2.53. The van der Waals surface area contributed by atoms with Crippen molar-refractivity contribution in [2.75, 3.05) is 42.3 Å². The third kappa shape index (κ3) is 13.1. The standard InChI is InChI=1S/C33H25F4N5O4S.C25H28BF3N2O6S.C15H10ClFN2/c1-38-32(43)29-21-13-20(23-9-7-17-11-12-42-24-6-4-5-22(34)19(24)14-26(42)30(17)40-23)25(41(2)47(3,44)45)15-27(21)46-31(29)18-8-10-28(39-16-18)33(35,36)37;1-8-18(32)21-15-11-16(26-36-23(2,3)24(4,5)37-26)17(31(6)38(7,33)34)12-19(15)35-22(21)14-9-10-20(30-13-14)25(27,28)29;16-14-5-4-9-6-7-19-12-3-1-2-11(17)10(12)8-13(19)15(9)18-14/h4-10,13-16H,11-12H2,1-3H3,(H,38,43);9-13H,8H2,1-7H3;1-5,8H,6-7H2. The van der Waals surface area contributed by atoms with Gasteiger partial charge in [0.25, 0.3) is 5.91 Å². The van der Waals surface area contributed by atoms with Crippen LogP contribution in [0.2, 0.25) is 5.15 Å². The summed E-state index contributed by atoms with van der Waals surface area (Å²) in [6.07, 6.45) is -3.64. The van der Waals surface area contributed by atoms with Crippen LogP contribution in [-0.4, -0.2) is 110 Å². The minimum absolute atomic E-state index is 0.0208. The van der Waals surface area contributed by atoms with E-state index in [1.165, 1.54) is 57.0 Å². The number of Topliss-reactive ketones (excluding diaryl/α,β-unsaturated/α-hetero) is 1. The van der Waals surface area contributed by atoms with Crippen LogP contribution in [-0.2, 0) is 67.6 Å².